The Kier molecular flexibility index (Phi) is 3.67. The van der Waals surface area contributed by atoms with Gasteiger partial charge in [-0.2, -0.15) is 8.78 Å². The molecule has 0 radical (unpaired) electrons. The molecule has 0 aliphatic rings. The molecule has 0 fully saturated rings. The maximum atomic E-state index is 13.2. The lowest BCUT2D eigenvalue weighted by molar-refractivity contribution is 0.00745. The molecule has 7 heteroatoms. The van der Waals surface area contributed by atoms with E-state index in [1.807, 2.05) is 0 Å². The molecule has 1 aromatic heterocycles. The van der Waals surface area contributed by atoms with Gasteiger partial charge in [0.15, 0.2) is 11.5 Å². The molecule has 0 spiro atoms. The van der Waals surface area contributed by atoms with Crippen molar-refractivity contribution in [2.45, 2.75) is 12.8 Å². The summed E-state index contributed by atoms with van der Waals surface area (Å²) in [6.07, 6.45) is 1.05. The van der Waals surface area contributed by atoms with Gasteiger partial charge in [0.2, 0.25) is 0 Å². The van der Waals surface area contributed by atoms with Gasteiger partial charge in [-0.05, 0) is 6.07 Å². The zero-order valence-corrected chi connectivity index (χ0v) is 11.0. The summed E-state index contributed by atoms with van der Waals surface area (Å²) in [5, 5.41) is 9.42. The third-order valence-corrected chi connectivity index (χ3v) is 2.88. The largest absolute Gasteiger partial charge is 0.476 e. The summed E-state index contributed by atoms with van der Waals surface area (Å²) in [6.45, 7) is 0.600. The molecular weight excluding hydrogens is 290 g/mol. The summed E-state index contributed by atoms with van der Waals surface area (Å²) in [4.78, 5) is 18.2. The summed E-state index contributed by atoms with van der Waals surface area (Å²) in [7, 11) is 0. The van der Waals surface area contributed by atoms with Crippen molar-refractivity contribution in [1.29, 1.82) is 0 Å². The number of nitrogens with zero attached hydrogens (tertiary/aromatic N) is 2. The Morgan fingerprint density at radius 1 is 1.30 bits per heavy atom. The van der Waals surface area contributed by atoms with Gasteiger partial charge in [-0.3, -0.25) is 0 Å². The smallest absolute Gasteiger partial charge is 0.355 e. The second-order valence-electron chi connectivity index (χ2n) is 4.13. The lowest BCUT2D eigenvalue weighted by Crippen LogP contribution is -2.16. The van der Waals surface area contributed by atoms with Gasteiger partial charge in [0.1, 0.15) is 0 Å². The molecule has 2 rings (SSSR count). The quantitative estimate of drug-likeness (QED) is 0.940. The molecule has 0 aliphatic carbocycles. The number of hydrogen-bond donors (Lipinski definition) is 1. The fourth-order valence-corrected chi connectivity index (χ4v) is 1.87. The molecule has 20 heavy (non-hydrogen) atoms. The second-order valence-corrected chi connectivity index (χ2v) is 4.54. The first-order valence-corrected chi connectivity index (χ1v) is 5.92. The minimum Gasteiger partial charge on any atom is -0.476 e. The Labute approximate surface area is 118 Å². The zero-order valence-electron chi connectivity index (χ0n) is 10.3. The van der Waals surface area contributed by atoms with Crippen LogP contribution in [0.5, 0.6) is 0 Å². The molecule has 104 valence electrons. The average molecular weight is 299 g/mol. The summed E-state index contributed by atoms with van der Waals surface area (Å²) in [5.74, 6) is -5.58. The maximum Gasteiger partial charge on any atom is 0.355 e. The molecular formula is C13H9ClF2N2O2. The third kappa shape index (κ3) is 2.75. The fraction of sp³-hybridized carbons (Fsp3) is 0.154. The van der Waals surface area contributed by atoms with Crippen LogP contribution in [0.3, 0.4) is 0 Å². The molecule has 4 nitrogen and oxygen atoms in total. The van der Waals surface area contributed by atoms with E-state index in [0.29, 0.717) is 12.5 Å². The molecule has 1 heterocycles. The molecule has 0 atom stereocenters. The van der Waals surface area contributed by atoms with Crippen LogP contribution in [-0.2, 0) is 5.92 Å². The van der Waals surface area contributed by atoms with E-state index in [0.717, 1.165) is 6.20 Å². The van der Waals surface area contributed by atoms with Crippen molar-refractivity contribution < 1.29 is 18.7 Å². The first-order valence-electron chi connectivity index (χ1n) is 5.54. The number of alkyl halides is 2. The Morgan fingerprint density at radius 2 is 1.95 bits per heavy atom. The number of carbonyl (C=O) groups is 1. The lowest BCUT2D eigenvalue weighted by atomic mass is 10.1. The van der Waals surface area contributed by atoms with E-state index in [4.69, 9.17) is 16.7 Å². The van der Waals surface area contributed by atoms with Crippen LogP contribution < -0.4 is 0 Å². The molecule has 1 aromatic carbocycles. The Morgan fingerprint density at radius 3 is 2.50 bits per heavy atom. The first-order chi connectivity index (χ1) is 9.30. The number of aromatic nitrogens is 2. The number of hydrogen-bond acceptors (Lipinski definition) is 3. The Hall–Kier alpha value is -2.08. The van der Waals surface area contributed by atoms with E-state index in [2.05, 4.69) is 9.97 Å². The second kappa shape index (κ2) is 5.13. The van der Waals surface area contributed by atoms with Crippen LogP contribution in [0.2, 0.25) is 5.02 Å². The summed E-state index contributed by atoms with van der Waals surface area (Å²) in [6, 6.07) is 6.44. The van der Waals surface area contributed by atoms with Crippen molar-refractivity contribution in [3.05, 3.63) is 47.0 Å². The van der Waals surface area contributed by atoms with Crippen LogP contribution in [0.25, 0.3) is 11.1 Å². The van der Waals surface area contributed by atoms with Crippen LogP contribution in [0, 0.1) is 0 Å². The van der Waals surface area contributed by atoms with Gasteiger partial charge < -0.3 is 5.11 Å². The molecule has 0 bridgehead atoms. The molecule has 0 amide bonds. The average Bonchev–Trinajstić information content (AvgIpc) is 2.37. The monoisotopic (exact) mass is 298 g/mol. The SMILES string of the molecule is CC(F)(F)c1ncc(-c2ccccc2Cl)c(C(=O)O)n1. The molecule has 0 saturated carbocycles. The summed E-state index contributed by atoms with van der Waals surface area (Å²) in [5.41, 5.74) is -0.0433. The highest BCUT2D eigenvalue weighted by molar-refractivity contribution is 6.33. The van der Waals surface area contributed by atoms with Gasteiger partial charge in [0.25, 0.3) is 0 Å². The van der Waals surface area contributed by atoms with Crippen molar-refractivity contribution in [3.8, 4) is 11.1 Å². The van der Waals surface area contributed by atoms with Crippen molar-refractivity contribution in [2.24, 2.45) is 0 Å². The zero-order chi connectivity index (χ0) is 14.9. The van der Waals surface area contributed by atoms with Gasteiger partial charge in [-0.15, -0.1) is 0 Å². The van der Waals surface area contributed by atoms with Gasteiger partial charge in [0, 0.05) is 29.3 Å². The van der Waals surface area contributed by atoms with Crippen LogP contribution in [-0.4, -0.2) is 21.0 Å². The van der Waals surface area contributed by atoms with Gasteiger partial charge in [0.05, 0.1) is 0 Å². The van der Waals surface area contributed by atoms with Crippen LogP contribution in [0.4, 0.5) is 8.78 Å². The number of halogens is 3. The molecule has 2 aromatic rings. The van der Waals surface area contributed by atoms with Crippen molar-refractivity contribution in [3.63, 3.8) is 0 Å². The van der Waals surface area contributed by atoms with Gasteiger partial charge in [-0.25, -0.2) is 14.8 Å². The topological polar surface area (TPSA) is 63.1 Å². The highest BCUT2D eigenvalue weighted by atomic mass is 35.5. The van der Waals surface area contributed by atoms with Crippen LogP contribution in [0.15, 0.2) is 30.5 Å². The predicted molar refractivity (Wildman–Crippen MR) is 69.0 cm³/mol. The maximum absolute atomic E-state index is 13.2. The third-order valence-electron chi connectivity index (χ3n) is 2.55. The lowest BCUT2D eigenvalue weighted by Gasteiger charge is -2.12. The summed E-state index contributed by atoms with van der Waals surface area (Å²) < 4.78 is 26.3. The molecule has 0 unspecified atom stereocenters. The Balaban J connectivity index is 2.66. The highest BCUT2D eigenvalue weighted by Crippen LogP contribution is 2.31. The number of carboxylic acid groups (broad SMARTS) is 1. The van der Waals surface area contributed by atoms with Crippen LogP contribution in [0.1, 0.15) is 23.2 Å². The minimum absolute atomic E-state index is 0.0936. The normalized spacial score (nSPS) is 11.4. The standard InChI is InChI=1S/C13H9ClF2N2O2/c1-13(15,16)12-17-6-8(10(18-12)11(19)20)7-4-2-3-5-9(7)14/h2-6H,1H3,(H,19,20). The molecule has 0 aliphatic heterocycles. The number of carboxylic acids is 1. The van der Waals surface area contributed by atoms with E-state index in [-0.39, 0.29) is 10.6 Å². The van der Waals surface area contributed by atoms with Crippen molar-refractivity contribution in [1.82, 2.24) is 9.97 Å². The van der Waals surface area contributed by atoms with Crippen LogP contribution >= 0.6 is 11.6 Å². The van der Waals surface area contributed by atoms with E-state index < -0.39 is 23.4 Å². The van der Waals surface area contributed by atoms with E-state index in [9.17, 15) is 13.6 Å². The van der Waals surface area contributed by atoms with Gasteiger partial charge in [-0.1, -0.05) is 29.8 Å². The first kappa shape index (κ1) is 14.3. The Bertz CT molecular complexity index is 672. The molecule has 1 N–H and O–H groups in total. The minimum atomic E-state index is -3.32. The van der Waals surface area contributed by atoms with E-state index in [1.165, 1.54) is 0 Å². The highest BCUT2D eigenvalue weighted by Gasteiger charge is 2.30. The predicted octanol–water partition coefficient (Wildman–Crippen LogP) is 3.61. The van der Waals surface area contributed by atoms with E-state index >= 15 is 0 Å². The van der Waals surface area contributed by atoms with Crippen molar-refractivity contribution in [2.75, 3.05) is 0 Å². The van der Waals surface area contributed by atoms with E-state index in [1.54, 1.807) is 24.3 Å². The molecule has 0 saturated heterocycles. The van der Waals surface area contributed by atoms with Gasteiger partial charge >= 0.3 is 11.9 Å². The number of benzene rings is 1. The number of aromatic carboxylic acids is 1. The fourth-order valence-electron chi connectivity index (χ4n) is 1.63. The number of rotatable bonds is 3. The summed E-state index contributed by atoms with van der Waals surface area (Å²) >= 11 is 5.97. The van der Waals surface area contributed by atoms with Crippen molar-refractivity contribution >= 4 is 17.6 Å².